The van der Waals surface area contributed by atoms with Crippen molar-refractivity contribution in [3.63, 3.8) is 0 Å². The second kappa shape index (κ2) is 8.05. The van der Waals surface area contributed by atoms with Crippen LogP contribution in [0.3, 0.4) is 0 Å². The van der Waals surface area contributed by atoms with E-state index in [1.807, 2.05) is 0 Å². The van der Waals surface area contributed by atoms with Gasteiger partial charge in [-0.15, -0.1) is 11.6 Å². The Morgan fingerprint density at radius 2 is 1.81 bits per heavy atom. The van der Waals surface area contributed by atoms with Gasteiger partial charge in [0, 0.05) is 37.7 Å². The average molecular weight is 309 g/mol. The monoisotopic (exact) mass is 308 g/mol. The summed E-state index contributed by atoms with van der Waals surface area (Å²) in [6.45, 7) is 12.6. The summed E-state index contributed by atoms with van der Waals surface area (Å²) in [5, 5.41) is 0. The number of nitrogens with zero attached hydrogens (tertiary/aromatic N) is 2. The van der Waals surface area contributed by atoms with Gasteiger partial charge < -0.3 is 4.90 Å². The maximum atomic E-state index is 5.81. The highest BCUT2D eigenvalue weighted by Crippen LogP contribution is 2.24. The Morgan fingerprint density at radius 3 is 2.48 bits per heavy atom. The lowest BCUT2D eigenvalue weighted by Crippen LogP contribution is -2.47. The Hall–Kier alpha value is -0.730. The summed E-state index contributed by atoms with van der Waals surface area (Å²) < 4.78 is 0. The summed E-state index contributed by atoms with van der Waals surface area (Å²) in [5.41, 5.74) is 4.25. The van der Waals surface area contributed by atoms with E-state index in [9.17, 15) is 0 Å². The number of alkyl halides is 1. The first-order valence-corrected chi connectivity index (χ1v) is 8.74. The zero-order chi connectivity index (χ0) is 15.2. The van der Waals surface area contributed by atoms with Crippen LogP contribution in [0, 0.1) is 19.8 Å². The van der Waals surface area contributed by atoms with Crippen molar-refractivity contribution >= 4 is 17.3 Å². The standard InChI is InChI=1S/C18H29ClN2/c1-15(7-9-19)8-10-20-11-13-21(14-12-20)18-6-4-5-16(2)17(18)3/h4-6,15H,7-14H2,1-3H3. The van der Waals surface area contributed by atoms with Crippen LogP contribution >= 0.6 is 11.6 Å². The highest BCUT2D eigenvalue weighted by Gasteiger charge is 2.18. The molecule has 0 spiro atoms. The lowest BCUT2D eigenvalue weighted by molar-refractivity contribution is 0.240. The summed E-state index contributed by atoms with van der Waals surface area (Å²) in [5.74, 6) is 1.54. The molecule has 1 unspecified atom stereocenters. The van der Waals surface area contributed by atoms with Crippen molar-refractivity contribution in [1.82, 2.24) is 4.90 Å². The molecule has 1 heterocycles. The number of hydrogen-bond donors (Lipinski definition) is 0. The number of halogens is 1. The molecule has 1 atom stereocenters. The number of benzene rings is 1. The molecule has 118 valence electrons. The van der Waals surface area contributed by atoms with Crippen molar-refractivity contribution in [3.8, 4) is 0 Å². The summed E-state index contributed by atoms with van der Waals surface area (Å²) in [7, 11) is 0. The predicted molar refractivity (Wildman–Crippen MR) is 93.7 cm³/mol. The lowest BCUT2D eigenvalue weighted by Gasteiger charge is -2.37. The fraction of sp³-hybridized carbons (Fsp3) is 0.667. The van der Waals surface area contributed by atoms with E-state index in [0.717, 1.165) is 31.3 Å². The molecule has 0 N–H and O–H groups in total. The second-order valence-electron chi connectivity index (χ2n) is 6.42. The minimum absolute atomic E-state index is 0.750. The molecule has 0 aliphatic carbocycles. The van der Waals surface area contributed by atoms with E-state index in [4.69, 9.17) is 11.6 Å². The van der Waals surface area contributed by atoms with Crippen molar-refractivity contribution < 1.29 is 0 Å². The molecule has 21 heavy (non-hydrogen) atoms. The third kappa shape index (κ3) is 4.62. The van der Waals surface area contributed by atoms with E-state index in [1.165, 1.54) is 42.9 Å². The topological polar surface area (TPSA) is 6.48 Å². The average Bonchev–Trinajstić information content (AvgIpc) is 2.49. The molecule has 0 amide bonds. The normalized spacial score (nSPS) is 18.0. The van der Waals surface area contributed by atoms with Gasteiger partial charge in [0.15, 0.2) is 0 Å². The Morgan fingerprint density at radius 1 is 1.10 bits per heavy atom. The first kappa shape index (κ1) is 16.6. The Kier molecular flexibility index (Phi) is 6.38. The Balaban J connectivity index is 1.82. The van der Waals surface area contributed by atoms with Gasteiger partial charge in [-0.2, -0.15) is 0 Å². The summed E-state index contributed by atoms with van der Waals surface area (Å²) >= 11 is 5.81. The van der Waals surface area contributed by atoms with E-state index in [1.54, 1.807) is 0 Å². The van der Waals surface area contributed by atoms with Gasteiger partial charge in [-0.05, 0) is 56.3 Å². The summed E-state index contributed by atoms with van der Waals surface area (Å²) in [6.07, 6.45) is 2.42. The molecule has 0 bridgehead atoms. The molecule has 3 heteroatoms. The highest BCUT2D eigenvalue weighted by molar-refractivity contribution is 6.17. The van der Waals surface area contributed by atoms with Gasteiger partial charge in [0.25, 0.3) is 0 Å². The molecular weight excluding hydrogens is 280 g/mol. The fourth-order valence-electron chi connectivity index (χ4n) is 3.02. The molecule has 2 nitrogen and oxygen atoms in total. The van der Waals surface area contributed by atoms with Crippen molar-refractivity contribution in [2.24, 2.45) is 5.92 Å². The van der Waals surface area contributed by atoms with Crippen molar-refractivity contribution in [1.29, 1.82) is 0 Å². The molecule has 0 aromatic heterocycles. The maximum Gasteiger partial charge on any atom is 0.0399 e. The van der Waals surface area contributed by atoms with Gasteiger partial charge >= 0.3 is 0 Å². The van der Waals surface area contributed by atoms with Gasteiger partial charge in [-0.3, -0.25) is 4.90 Å². The van der Waals surface area contributed by atoms with Crippen molar-refractivity contribution in [2.45, 2.75) is 33.6 Å². The van der Waals surface area contributed by atoms with Gasteiger partial charge in [0.05, 0.1) is 0 Å². The third-order valence-electron chi connectivity index (χ3n) is 4.83. The van der Waals surface area contributed by atoms with Crippen LogP contribution in [-0.2, 0) is 0 Å². The highest BCUT2D eigenvalue weighted by atomic mass is 35.5. The SMILES string of the molecule is Cc1cccc(N2CCN(CCC(C)CCCl)CC2)c1C. The molecule has 1 aromatic carbocycles. The van der Waals surface area contributed by atoms with E-state index in [-0.39, 0.29) is 0 Å². The van der Waals surface area contributed by atoms with E-state index in [0.29, 0.717) is 0 Å². The van der Waals surface area contributed by atoms with E-state index < -0.39 is 0 Å². The van der Waals surface area contributed by atoms with Gasteiger partial charge in [-0.25, -0.2) is 0 Å². The summed E-state index contributed by atoms with van der Waals surface area (Å²) in [4.78, 5) is 5.15. The van der Waals surface area contributed by atoms with Crippen molar-refractivity contribution in [2.75, 3.05) is 43.5 Å². The Bertz CT molecular complexity index is 439. The molecule has 2 rings (SSSR count). The molecule has 1 aromatic rings. The number of hydrogen-bond acceptors (Lipinski definition) is 2. The molecule has 1 aliphatic rings. The van der Waals surface area contributed by atoms with Crippen LogP contribution in [0.5, 0.6) is 0 Å². The quantitative estimate of drug-likeness (QED) is 0.731. The van der Waals surface area contributed by atoms with Gasteiger partial charge in [0.1, 0.15) is 0 Å². The maximum absolute atomic E-state index is 5.81. The number of rotatable bonds is 6. The molecular formula is C18H29ClN2. The molecule has 1 aliphatic heterocycles. The van der Waals surface area contributed by atoms with Crippen LogP contribution in [0.4, 0.5) is 5.69 Å². The van der Waals surface area contributed by atoms with Crippen LogP contribution in [0.25, 0.3) is 0 Å². The number of piperazine rings is 1. The zero-order valence-corrected chi connectivity index (χ0v) is 14.5. The smallest absolute Gasteiger partial charge is 0.0399 e. The first-order chi connectivity index (χ1) is 10.1. The van der Waals surface area contributed by atoms with Gasteiger partial charge in [-0.1, -0.05) is 19.1 Å². The second-order valence-corrected chi connectivity index (χ2v) is 6.80. The zero-order valence-electron chi connectivity index (χ0n) is 13.7. The number of aryl methyl sites for hydroxylation is 1. The minimum atomic E-state index is 0.750. The molecule has 0 radical (unpaired) electrons. The molecule has 1 fully saturated rings. The van der Waals surface area contributed by atoms with Gasteiger partial charge in [0.2, 0.25) is 0 Å². The Labute approximate surface area is 135 Å². The number of anilines is 1. The first-order valence-electron chi connectivity index (χ1n) is 8.21. The van der Waals surface area contributed by atoms with E-state index in [2.05, 4.69) is 48.8 Å². The predicted octanol–water partition coefficient (Wildman–Crippen LogP) is 4.08. The fourth-order valence-corrected chi connectivity index (χ4v) is 3.40. The van der Waals surface area contributed by atoms with Crippen LogP contribution < -0.4 is 4.90 Å². The summed E-state index contributed by atoms with van der Waals surface area (Å²) in [6, 6.07) is 6.64. The van der Waals surface area contributed by atoms with Crippen LogP contribution in [-0.4, -0.2) is 43.5 Å². The minimum Gasteiger partial charge on any atom is -0.369 e. The van der Waals surface area contributed by atoms with Crippen LogP contribution in [0.2, 0.25) is 0 Å². The molecule has 1 saturated heterocycles. The lowest BCUT2D eigenvalue weighted by atomic mass is 10.0. The molecule has 0 saturated carbocycles. The third-order valence-corrected chi connectivity index (χ3v) is 5.05. The van der Waals surface area contributed by atoms with Crippen molar-refractivity contribution in [3.05, 3.63) is 29.3 Å². The van der Waals surface area contributed by atoms with E-state index >= 15 is 0 Å². The van der Waals surface area contributed by atoms with Crippen LogP contribution in [0.15, 0.2) is 18.2 Å². The van der Waals surface area contributed by atoms with Crippen LogP contribution in [0.1, 0.15) is 30.9 Å². The largest absolute Gasteiger partial charge is 0.369 e.